The normalized spacial score (nSPS) is 13.5. The summed E-state index contributed by atoms with van der Waals surface area (Å²) in [7, 11) is 0. The highest BCUT2D eigenvalue weighted by atomic mass is 16.6. The molecule has 0 rings (SSSR count). The summed E-state index contributed by atoms with van der Waals surface area (Å²) in [4.78, 5) is 9.75. The van der Waals surface area contributed by atoms with Crippen LogP contribution in [0.2, 0.25) is 0 Å². The summed E-state index contributed by atoms with van der Waals surface area (Å²) in [5.41, 5.74) is 0.719. The molecule has 4 heteroatoms. The summed E-state index contributed by atoms with van der Waals surface area (Å²) in [6, 6.07) is 0. The highest BCUT2D eigenvalue weighted by molar-refractivity contribution is 4.97. The molecule has 0 bridgehead atoms. The summed E-state index contributed by atoms with van der Waals surface area (Å²) in [5, 5.41) is 19.8. The Hall–Kier alpha value is -0.900. The number of hydrogen-bond acceptors (Lipinski definition) is 3. The fourth-order valence-electron chi connectivity index (χ4n) is 0.992. The van der Waals surface area contributed by atoms with Crippen LogP contribution in [0.1, 0.15) is 34.1 Å². The first-order chi connectivity index (χ1) is 6.25. The summed E-state index contributed by atoms with van der Waals surface area (Å²) in [5.74, 6) is 0. The van der Waals surface area contributed by atoms with Crippen LogP contribution in [-0.4, -0.2) is 22.7 Å². The molecule has 0 radical (unpaired) electrons. The maximum atomic E-state index is 10.2. The van der Waals surface area contributed by atoms with E-state index in [9.17, 15) is 15.2 Å². The van der Waals surface area contributed by atoms with E-state index in [4.69, 9.17) is 0 Å². The molecule has 0 aliphatic rings. The maximum absolute atomic E-state index is 10.2. The topological polar surface area (TPSA) is 63.4 Å². The van der Waals surface area contributed by atoms with Crippen molar-refractivity contribution in [3.05, 3.63) is 21.8 Å². The lowest BCUT2D eigenvalue weighted by molar-refractivity contribution is -0.494. The maximum Gasteiger partial charge on any atom is 0.229 e. The van der Waals surface area contributed by atoms with Crippen molar-refractivity contribution >= 4 is 0 Å². The predicted molar refractivity (Wildman–Crippen MR) is 55.7 cm³/mol. The SMILES string of the molecule is CC(C)=CCC(C)(C)C(O)C[N+](=O)[O-]. The molecule has 0 aromatic carbocycles. The Morgan fingerprint density at radius 1 is 1.57 bits per heavy atom. The Bertz CT molecular complexity index is 230. The molecule has 0 aromatic rings. The minimum Gasteiger partial charge on any atom is -0.386 e. The second-order valence-corrected chi connectivity index (χ2v) is 4.51. The highest BCUT2D eigenvalue weighted by Crippen LogP contribution is 2.26. The van der Waals surface area contributed by atoms with Gasteiger partial charge in [0.05, 0.1) is 0 Å². The number of hydrogen-bond donors (Lipinski definition) is 1. The molecule has 0 heterocycles. The van der Waals surface area contributed by atoms with Crippen molar-refractivity contribution in [2.24, 2.45) is 5.41 Å². The molecule has 0 amide bonds. The number of nitrogens with zero attached hydrogens (tertiary/aromatic N) is 1. The first kappa shape index (κ1) is 13.1. The van der Waals surface area contributed by atoms with Crippen molar-refractivity contribution in [2.45, 2.75) is 40.2 Å². The molecule has 0 spiro atoms. The summed E-state index contributed by atoms with van der Waals surface area (Å²) >= 11 is 0. The number of aliphatic hydroxyl groups excluding tert-OH is 1. The van der Waals surface area contributed by atoms with Crippen LogP contribution in [0.25, 0.3) is 0 Å². The zero-order valence-electron chi connectivity index (χ0n) is 9.28. The molecule has 0 fully saturated rings. The van der Waals surface area contributed by atoms with Gasteiger partial charge in [0, 0.05) is 10.3 Å². The molecule has 14 heavy (non-hydrogen) atoms. The van der Waals surface area contributed by atoms with E-state index in [2.05, 4.69) is 0 Å². The first-order valence-corrected chi connectivity index (χ1v) is 4.69. The minimum atomic E-state index is -0.895. The predicted octanol–water partition coefficient (Wildman–Crippen LogP) is 2.01. The van der Waals surface area contributed by atoms with Crippen molar-refractivity contribution in [3.63, 3.8) is 0 Å². The van der Waals surface area contributed by atoms with Crippen LogP contribution >= 0.6 is 0 Å². The van der Waals surface area contributed by atoms with Crippen LogP contribution in [0.15, 0.2) is 11.6 Å². The van der Waals surface area contributed by atoms with Crippen LogP contribution in [0.3, 0.4) is 0 Å². The molecule has 0 aliphatic heterocycles. The van der Waals surface area contributed by atoms with E-state index in [1.807, 2.05) is 33.8 Å². The molecule has 1 atom stereocenters. The summed E-state index contributed by atoms with van der Waals surface area (Å²) < 4.78 is 0. The van der Waals surface area contributed by atoms with Gasteiger partial charge in [0.1, 0.15) is 6.10 Å². The van der Waals surface area contributed by atoms with Gasteiger partial charge in [0.25, 0.3) is 0 Å². The lowest BCUT2D eigenvalue weighted by Gasteiger charge is -2.26. The van der Waals surface area contributed by atoms with Crippen molar-refractivity contribution in [1.82, 2.24) is 0 Å². The number of aliphatic hydroxyl groups is 1. The smallest absolute Gasteiger partial charge is 0.229 e. The van der Waals surface area contributed by atoms with Crippen LogP contribution in [0.5, 0.6) is 0 Å². The van der Waals surface area contributed by atoms with Gasteiger partial charge in [0.2, 0.25) is 6.54 Å². The van der Waals surface area contributed by atoms with Crippen molar-refractivity contribution in [2.75, 3.05) is 6.54 Å². The van der Waals surface area contributed by atoms with Gasteiger partial charge in [0.15, 0.2) is 0 Å². The Balaban J connectivity index is 4.29. The average molecular weight is 201 g/mol. The van der Waals surface area contributed by atoms with Crippen LogP contribution < -0.4 is 0 Å². The van der Waals surface area contributed by atoms with Gasteiger partial charge in [-0.25, -0.2) is 0 Å². The van der Waals surface area contributed by atoms with E-state index in [1.54, 1.807) is 0 Å². The van der Waals surface area contributed by atoms with Gasteiger partial charge in [-0.2, -0.15) is 0 Å². The second kappa shape index (κ2) is 5.10. The Morgan fingerprint density at radius 3 is 2.43 bits per heavy atom. The van der Waals surface area contributed by atoms with E-state index in [1.165, 1.54) is 0 Å². The molecule has 1 N–H and O–H groups in total. The number of rotatable bonds is 5. The van der Waals surface area contributed by atoms with Crippen LogP contribution in [0, 0.1) is 15.5 Å². The highest BCUT2D eigenvalue weighted by Gasteiger charge is 2.30. The minimum absolute atomic E-state index is 0.385. The average Bonchev–Trinajstić information content (AvgIpc) is 1.99. The van der Waals surface area contributed by atoms with Gasteiger partial charge < -0.3 is 5.11 Å². The molecular weight excluding hydrogens is 182 g/mol. The Morgan fingerprint density at radius 2 is 2.07 bits per heavy atom. The van der Waals surface area contributed by atoms with Gasteiger partial charge >= 0.3 is 0 Å². The fraction of sp³-hybridized carbons (Fsp3) is 0.800. The van der Waals surface area contributed by atoms with E-state index < -0.39 is 16.4 Å². The fourth-order valence-corrected chi connectivity index (χ4v) is 0.992. The van der Waals surface area contributed by atoms with Crippen molar-refractivity contribution < 1.29 is 10.0 Å². The van der Waals surface area contributed by atoms with Gasteiger partial charge in [-0.3, -0.25) is 10.1 Å². The third kappa shape index (κ3) is 4.97. The molecular formula is C10H19NO3. The molecule has 0 aliphatic carbocycles. The molecule has 82 valence electrons. The van der Waals surface area contributed by atoms with Crippen molar-refractivity contribution in [3.8, 4) is 0 Å². The zero-order valence-corrected chi connectivity index (χ0v) is 9.28. The lowest BCUT2D eigenvalue weighted by Crippen LogP contribution is -2.35. The molecule has 4 nitrogen and oxygen atoms in total. The van der Waals surface area contributed by atoms with Gasteiger partial charge in [-0.15, -0.1) is 0 Å². The molecule has 1 unspecified atom stereocenters. The summed E-state index contributed by atoms with van der Waals surface area (Å²) in [6.07, 6.45) is 1.75. The standard InChI is InChI=1S/C10H19NO3/c1-8(2)5-6-10(3,4)9(12)7-11(13)14/h5,9,12H,6-7H2,1-4H3. The third-order valence-electron chi connectivity index (χ3n) is 2.26. The summed E-state index contributed by atoms with van der Waals surface area (Å²) in [6.45, 7) is 7.22. The Kier molecular flexibility index (Phi) is 4.77. The Labute approximate surface area is 84.8 Å². The van der Waals surface area contributed by atoms with Crippen LogP contribution in [0.4, 0.5) is 0 Å². The van der Waals surface area contributed by atoms with Crippen LogP contribution in [-0.2, 0) is 0 Å². The lowest BCUT2D eigenvalue weighted by atomic mass is 9.82. The quantitative estimate of drug-likeness (QED) is 0.420. The third-order valence-corrected chi connectivity index (χ3v) is 2.26. The molecule has 0 saturated carbocycles. The largest absolute Gasteiger partial charge is 0.386 e. The van der Waals surface area contributed by atoms with Crippen molar-refractivity contribution in [1.29, 1.82) is 0 Å². The van der Waals surface area contributed by atoms with Gasteiger partial charge in [-0.1, -0.05) is 25.5 Å². The monoisotopic (exact) mass is 201 g/mol. The number of allylic oxidation sites excluding steroid dienone is 2. The van der Waals surface area contributed by atoms with Gasteiger partial charge in [-0.05, 0) is 20.3 Å². The number of nitro groups is 1. The molecule has 0 saturated heterocycles. The molecule has 0 aromatic heterocycles. The van der Waals surface area contributed by atoms with E-state index in [-0.39, 0.29) is 6.54 Å². The van der Waals surface area contributed by atoms with E-state index >= 15 is 0 Å². The van der Waals surface area contributed by atoms with E-state index in [0.29, 0.717) is 6.42 Å². The zero-order chi connectivity index (χ0) is 11.4. The first-order valence-electron chi connectivity index (χ1n) is 4.69. The van der Waals surface area contributed by atoms with E-state index in [0.717, 1.165) is 5.57 Å². The second-order valence-electron chi connectivity index (χ2n) is 4.51.